The molecule has 110 valence electrons. The van der Waals surface area contributed by atoms with E-state index < -0.39 is 5.82 Å². The summed E-state index contributed by atoms with van der Waals surface area (Å²) in [6.45, 7) is 2.54. The molecule has 1 aliphatic rings. The molecule has 1 aliphatic carbocycles. The van der Waals surface area contributed by atoms with Crippen LogP contribution in [-0.4, -0.2) is 18.7 Å². The standard InChI is InChI=1S/C15H21FN2O2/c1-2-20-14-8-7-11(9-13(14)16)10-17-15(19)18-12-5-3-4-6-12/h7-9,12H,2-6,10H2,1H3,(H2,17,18,19). The van der Waals surface area contributed by atoms with Gasteiger partial charge in [-0.1, -0.05) is 18.9 Å². The quantitative estimate of drug-likeness (QED) is 0.871. The molecular formula is C15H21FN2O2. The average Bonchev–Trinajstić information content (AvgIpc) is 2.92. The van der Waals surface area contributed by atoms with Crippen molar-refractivity contribution in [2.24, 2.45) is 0 Å². The van der Waals surface area contributed by atoms with Crippen molar-refractivity contribution in [1.82, 2.24) is 10.6 Å². The van der Waals surface area contributed by atoms with Crippen LogP contribution in [0, 0.1) is 5.82 Å². The van der Waals surface area contributed by atoms with Gasteiger partial charge in [-0.2, -0.15) is 0 Å². The van der Waals surface area contributed by atoms with E-state index in [-0.39, 0.29) is 17.8 Å². The number of benzene rings is 1. The predicted molar refractivity (Wildman–Crippen MR) is 75.2 cm³/mol. The maximum absolute atomic E-state index is 13.6. The van der Waals surface area contributed by atoms with Gasteiger partial charge in [0.05, 0.1) is 6.61 Å². The summed E-state index contributed by atoms with van der Waals surface area (Å²) in [7, 11) is 0. The van der Waals surface area contributed by atoms with Crippen molar-refractivity contribution in [3.05, 3.63) is 29.6 Å². The molecule has 0 heterocycles. The van der Waals surface area contributed by atoms with E-state index in [9.17, 15) is 9.18 Å². The number of hydrogen-bond donors (Lipinski definition) is 2. The van der Waals surface area contributed by atoms with Crippen LogP contribution in [0.3, 0.4) is 0 Å². The van der Waals surface area contributed by atoms with Gasteiger partial charge in [-0.25, -0.2) is 9.18 Å². The minimum absolute atomic E-state index is 0.189. The number of rotatable bonds is 5. The first-order chi connectivity index (χ1) is 9.69. The summed E-state index contributed by atoms with van der Waals surface area (Å²) in [5.41, 5.74) is 0.715. The summed E-state index contributed by atoms with van der Waals surface area (Å²) >= 11 is 0. The number of hydrogen-bond acceptors (Lipinski definition) is 2. The smallest absolute Gasteiger partial charge is 0.315 e. The Morgan fingerprint density at radius 2 is 2.15 bits per heavy atom. The van der Waals surface area contributed by atoms with Crippen molar-refractivity contribution < 1.29 is 13.9 Å². The van der Waals surface area contributed by atoms with Gasteiger partial charge in [0.2, 0.25) is 0 Å². The van der Waals surface area contributed by atoms with Crippen LogP contribution in [0.5, 0.6) is 5.75 Å². The maximum Gasteiger partial charge on any atom is 0.315 e. The number of carbonyl (C=O) groups is 1. The Kier molecular flexibility index (Phi) is 5.21. The number of halogens is 1. The highest BCUT2D eigenvalue weighted by Gasteiger charge is 2.16. The van der Waals surface area contributed by atoms with Crippen molar-refractivity contribution in [1.29, 1.82) is 0 Å². The molecule has 2 amide bonds. The fourth-order valence-corrected chi connectivity index (χ4v) is 2.42. The molecule has 1 saturated carbocycles. The third-order valence-corrected chi connectivity index (χ3v) is 3.44. The van der Waals surface area contributed by atoms with E-state index in [1.807, 2.05) is 6.92 Å². The molecule has 0 radical (unpaired) electrons. The molecule has 2 rings (SSSR count). The van der Waals surface area contributed by atoms with E-state index in [0.29, 0.717) is 18.7 Å². The molecule has 5 heteroatoms. The van der Waals surface area contributed by atoms with Crippen LogP contribution < -0.4 is 15.4 Å². The third kappa shape index (κ3) is 4.11. The summed E-state index contributed by atoms with van der Waals surface area (Å²) < 4.78 is 18.8. The molecule has 0 bridgehead atoms. The predicted octanol–water partition coefficient (Wildman–Crippen LogP) is 2.97. The van der Waals surface area contributed by atoms with Crippen LogP contribution in [0.4, 0.5) is 9.18 Å². The lowest BCUT2D eigenvalue weighted by Gasteiger charge is -2.13. The van der Waals surface area contributed by atoms with E-state index in [4.69, 9.17) is 4.74 Å². The second kappa shape index (κ2) is 7.12. The van der Waals surface area contributed by atoms with Crippen LogP contribution >= 0.6 is 0 Å². The van der Waals surface area contributed by atoms with Crippen molar-refractivity contribution in [3.8, 4) is 5.75 Å². The minimum Gasteiger partial charge on any atom is -0.491 e. The van der Waals surface area contributed by atoms with Gasteiger partial charge in [0.15, 0.2) is 11.6 Å². The van der Waals surface area contributed by atoms with Crippen LogP contribution in [0.25, 0.3) is 0 Å². The van der Waals surface area contributed by atoms with E-state index in [0.717, 1.165) is 12.8 Å². The number of ether oxygens (including phenoxy) is 1. The van der Waals surface area contributed by atoms with Crippen LogP contribution in [-0.2, 0) is 6.54 Å². The highest BCUT2D eigenvalue weighted by molar-refractivity contribution is 5.74. The van der Waals surface area contributed by atoms with E-state index in [1.54, 1.807) is 12.1 Å². The summed E-state index contributed by atoms with van der Waals surface area (Å²) in [6, 6.07) is 4.83. The molecule has 4 nitrogen and oxygen atoms in total. The Morgan fingerprint density at radius 3 is 2.80 bits per heavy atom. The summed E-state index contributed by atoms with van der Waals surface area (Å²) in [4.78, 5) is 11.7. The van der Waals surface area contributed by atoms with Gasteiger partial charge in [0, 0.05) is 12.6 Å². The highest BCUT2D eigenvalue weighted by Crippen LogP contribution is 2.19. The average molecular weight is 280 g/mol. The fraction of sp³-hybridized carbons (Fsp3) is 0.533. The zero-order chi connectivity index (χ0) is 14.4. The van der Waals surface area contributed by atoms with Crippen LogP contribution in [0.1, 0.15) is 38.2 Å². The monoisotopic (exact) mass is 280 g/mol. The second-order valence-corrected chi connectivity index (χ2v) is 5.01. The first kappa shape index (κ1) is 14.6. The zero-order valence-corrected chi connectivity index (χ0v) is 11.7. The molecule has 1 aromatic carbocycles. The largest absolute Gasteiger partial charge is 0.491 e. The second-order valence-electron chi connectivity index (χ2n) is 5.01. The van der Waals surface area contributed by atoms with Gasteiger partial charge in [-0.3, -0.25) is 0 Å². The molecule has 2 N–H and O–H groups in total. The van der Waals surface area contributed by atoms with Gasteiger partial charge in [0.1, 0.15) is 0 Å². The van der Waals surface area contributed by atoms with Crippen molar-refractivity contribution in [2.45, 2.75) is 45.2 Å². The van der Waals surface area contributed by atoms with Gasteiger partial charge in [-0.05, 0) is 37.5 Å². The number of nitrogens with one attached hydrogen (secondary N) is 2. The Balaban J connectivity index is 1.80. The highest BCUT2D eigenvalue weighted by atomic mass is 19.1. The molecule has 0 aromatic heterocycles. The fourth-order valence-electron chi connectivity index (χ4n) is 2.42. The Morgan fingerprint density at radius 1 is 1.40 bits per heavy atom. The molecule has 0 saturated heterocycles. The van der Waals surface area contributed by atoms with Gasteiger partial charge < -0.3 is 15.4 Å². The normalized spacial score (nSPS) is 15.1. The molecule has 0 spiro atoms. The van der Waals surface area contributed by atoms with Crippen molar-refractivity contribution in [2.75, 3.05) is 6.61 Å². The first-order valence-corrected chi connectivity index (χ1v) is 7.14. The molecule has 20 heavy (non-hydrogen) atoms. The van der Waals surface area contributed by atoms with Gasteiger partial charge in [0.25, 0.3) is 0 Å². The Bertz CT molecular complexity index is 459. The molecule has 0 atom stereocenters. The lowest BCUT2D eigenvalue weighted by Crippen LogP contribution is -2.40. The van der Waals surface area contributed by atoms with Gasteiger partial charge >= 0.3 is 6.03 Å². The SMILES string of the molecule is CCOc1ccc(CNC(=O)NC2CCCC2)cc1F. The number of carbonyl (C=O) groups excluding carboxylic acids is 1. The Hall–Kier alpha value is -1.78. The lowest BCUT2D eigenvalue weighted by molar-refractivity contribution is 0.236. The maximum atomic E-state index is 13.6. The lowest BCUT2D eigenvalue weighted by atomic mass is 10.2. The van der Waals surface area contributed by atoms with Crippen LogP contribution in [0.2, 0.25) is 0 Å². The third-order valence-electron chi connectivity index (χ3n) is 3.44. The number of urea groups is 1. The van der Waals surface area contributed by atoms with E-state index >= 15 is 0 Å². The molecule has 1 aromatic rings. The summed E-state index contributed by atoms with van der Waals surface area (Å²) in [5.74, 6) is -0.158. The van der Waals surface area contributed by atoms with E-state index in [2.05, 4.69) is 10.6 Å². The minimum atomic E-state index is -0.401. The summed E-state index contributed by atoms with van der Waals surface area (Å²) in [6.07, 6.45) is 4.44. The van der Waals surface area contributed by atoms with E-state index in [1.165, 1.54) is 18.9 Å². The first-order valence-electron chi connectivity index (χ1n) is 7.14. The molecule has 0 unspecified atom stereocenters. The zero-order valence-electron chi connectivity index (χ0n) is 11.7. The topological polar surface area (TPSA) is 50.4 Å². The molecule has 0 aliphatic heterocycles. The summed E-state index contributed by atoms with van der Waals surface area (Å²) in [5, 5.41) is 5.67. The number of amides is 2. The Labute approximate surface area is 118 Å². The molecule has 1 fully saturated rings. The van der Waals surface area contributed by atoms with Crippen LogP contribution in [0.15, 0.2) is 18.2 Å². The van der Waals surface area contributed by atoms with Crippen molar-refractivity contribution in [3.63, 3.8) is 0 Å². The van der Waals surface area contributed by atoms with Gasteiger partial charge in [-0.15, -0.1) is 0 Å². The molecular weight excluding hydrogens is 259 g/mol. The van der Waals surface area contributed by atoms with Crippen molar-refractivity contribution >= 4 is 6.03 Å².